The summed E-state index contributed by atoms with van der Waals surface area (Å²) in [6, 6.07) is 0. The van der Waals surface area contributed by atoms with Gasteiger partial charge in [0.1, 0.15) is 0 Å². The van der Waals surface area contributed by atoms with Gasteiger partial charge in [0, 0.05) is 26.4 Å². The fraction of sp³-hybridized carbons (Fsp3) is 1.00. The van der Waals surface area contributed by atoms with Crippen LogP contribution in [0.3, 0.4) is 0 Å². The molecule has 2 N–H and O–H groups in total. The van der Waals surface area contributed by atoms with Crippen LogP contribution in [0, 0.1) is 0 Å². The highest BCUT2D eigenvalue weighted by Crippen LogP contribution is 2.11. The van der Waals surface area contributed by atoms with Gasteiger partial charge in [-0.1, -0.05) is 13.3 Å². The molecule has 0 radical (unpaired) electrons. The van der Waals surface area contributed by atoms with Crippen LogP contribution in [0.2, 0.25) is 0 Å². The van der Waals surface area contributed by atoms with E-state index in [1.54, 1.807) is 0 Å². The molecule has 1 saturated heterocycles. The molecule has 1 rings (SSSR count). The maximum Gasteiger partial charge on any atom is 0.0714 e. The molecule has 0 unspecified atom stereocenters. The van der Waals surface area contributed by atoms with Crippen molar-refractivity contribution >= 4 is 0 Å². The standard InChI is InChI=1S/C9H20N2O/c1-2-3-6-12-9-4-5-11(7-9)8-10/h9H,2-8,10H2,1H3/t9-/m0/s1. The van der Waals surface area contributed by atoms with Crippen molar-refractivity contribution in [1.82, 2.24) is 4.90 Å². The number of unbranched alkanes of at least 4 members (excludes halogenated alkanes) is 1. The van der Waals surface area contributed by atoms with E-state index in [0.29, 0.717) is 12.8 Å². The molecule has 12 heavy (non-hydrogen) atoms. The summed E-state index contributed by atoms with van der Waals surface area (Å²) >= 11 is 0. The van der Waals surface area contributed by atoms with Gasteiger partial charge in [0.05, 0.1) is 6.10 Å². The van der Waals surface area contributed by atoms with Crippen LogP contribution < -0.4 is 5.73 Å². The Kier molecular flexibility index (Phi) is 4.58. The van der Waals surface area contributed by atoms with Gasteiger partial charge in [0.25, 0.3) is 0 Å². The van der Waals surface area contributed by atoms with Gasteiger partial charge >= 0.3 is 0 Å². The Morgan fingerprint density at radius 2 is 2.42 bits per heavy atom. The van der Waals surface area contributed by atoms with Gasteiger partial charge in [-0.05, 0) is 12.8 Å². The van der Waals surface area contributed by atoms with E-state index in [-0.39, 0.29) is 0 Å². The lowest BCUT2D eigenvalue weighted by Crippen LogP contribution is -2.29. The molecule has 3 heteroatoms. The lowest BCUT2D eigenvalue weighted by atomic mass is 10.3. The number of likely N-dealkylation sites (tertiary alicyclic amines) is 1. The molecule has 1 aliphatic rings. The molecule has 0 aromatic rings. The average molecular weight is 172 g/mol. The Hall–Kier alpha value is -0.120. The molecule has 72 valence electrons. The Morgan fingerprint density at radius 3 is 3.00 bits per heavy atom. The third-order valence-electron chi connectivity index (χ3n) is 2.34. The van der Waals surface area contributed by atoms with E-state index in [9.17, 15) is 0 Å². The Bertz CT molecular complexity index is 119. The molecule has 1 heterocycles. The number of hydrogen-bond donors (Lipinski definition) is 1. The highest BCUT2D eigenvalue weighted by Gasteiger charge is 2.21. The fourth-order valence-electron chi connectivity index (χ4n) is 1.49. The van der Waals surface area contributed by atoms with Crippen LogP contribution >= 0.6 is 0 Å². The smallest absolute Gasteiger partial charge is 0.0714 e. The zero-order chi connectivity index (χ0) is 8.81. The van der Waals surface area contributed by atoms with E-state index in [0.717, 1.165) is 26.1 Å². The fourth-order valence-corrected chi connectivity index (χ4v) is 1.49. The minimum absolute atomic E-state index is 0.445. The largest absolute Gasteiger partial charge is 0.377 e. The summed E-state index contributed by atoms with van der Waals surface area (Å²) in [7, 11) is 0. The van der Waals surface area contributed by atoms with Crippen molar-refractivity contribution in [3.63, 3.8) is 0 Å². The summed E-state index contributed by atoms with van der Waals surface area (Å²) in [5.74, 6) is 0. The maximum absolute atomic E-state index is 5.68. The molecular weight excluding hydrogens is 152 g/mol. The van der Waals surface area contributed by atoms with Gasteiger partial charge < -0.3 is 10.5 Å². The number of hydrogen-bond acceptors (Lipinski definition) is 3. The molecule has 0 aliphatic carbocycles. The number of rotatable bonds is 5. The highest BCUT2D eigenvalue weighted by atomic mass is 16.5. The van der Waals surface area contributed by atoms with E-state index in [2.05, 4.69) is 11.8 Å². The van der Waals surface area contributed by atoms with Crippen molar-refractivity contribution in [3.8, 4) is 0 Å². The topological polar surface area (TPSA) is 38.5 Å². The lowest BCUT2D eigenvalue weighted by molar-refractivity contribution is 0.0574. The third-order valence-corrected chi connectivity index (χ3v) is 2.34. The van der Waals surface area contributed by atoms with Crippen LogP contribution in [0.15, 0.2) is 0 Å². The van der Waals surface area contributed by atoms with Gasteiger partial charge in [0.2, 0.25) is 0 Å². The van der Waals surface area contributed by atoms with Crippen LogP contribution in [0.5, 0.6) is 0 Å². The minimum atomic E-state index is 0.445. The van der Waals surface area contributed by atoms with Crippen LogP contribution in [-0.4, -0.2) is 37.4 Å². The summed E-state index contributed by atoms with van der Waals surface area (Å²) in [5.41, 5.74) is 5.52. The van der Waals surface area contributed by atoms with Gasteiger partial charge in [0.15, 0.2) is 0 Å². The van der Waals surface area contributed by atoms with E-state index in [1.165, 1.54) is 12.8 Å². The normalized spacial score (nSPS) is 25.0. The summed E-state index contributed by atoms with van der Waals surface area (Å²) in [6.45, 7) is 5.91. The van der Waals surface area contributed by atoms with Crippen LogP contribution in [-0.2, 0) is 4.74 Å². The van der Waals surface area contributed by atoms with E-state index in [4.69, 9.17) is 10.5 Å². The summed E-state index contributed by atoms with van der Waals surface area (Å²) in [5, 5.41) is 0. The first-order valence-corrected chi connectivity index (χ1v) is 4.90. The van der Waals surface area contributed by atoms with Gasteiger partial charge in [-0.15, -0.1) is 0 Å². The van der Waals surface area contributed by atoms with Gasteiger partial charge in [-0.3, -0.25) is 4.90 Å². The van der Waals surface area contributed by atoms with Crippen LogP contribution in [0.25, 0.3) is 0 Å². The number of nitrogens with zero attached hydrogens (tertiary/aromatic N) is 1. The maximum atomic E-state index is 5.68. The van der Waals surface area contributed by atoms with Crippen molar-refractivity contribution in [3.05, 3.63) is 0 Å². The third kappa shape index (κ3) is 3.09. The second-order valence-corrected chi connectivity index (χ2v) is 3.39. The first-order valence-electron chi connectivity index (χ1n) is 4.90. The van der Waals surface area contributed by atoms with Crippen molar-refractivity contribution in [1.29, 1.82) is 0 Å². The zero-order valence-electron chi connectivity index (χ0n) is 7.96. The van der Waals surface area contributed by atoms with Crippen molar-refractivity contribution in [2.75, 3.05) is 26.4 Å². The average Bonchev–Trinajstić information content (AvgIpc) is 2.53. The monoisotopic (exact) mass is 172 g/mol. The highest BCUT2D eigenvalue weighted by molar-refractivity contribution is 4.74. The molecule has 0 spiro atoms. The van der Waals surface area contributed by atoms with Crippen LogP contribution in [0.1, 0.15) is 26.2 Å². The molecule has 1 aliphatic heterocycles. The summed E-state index contributed by atoms with van der Waals surface area (Å²) in [6.07, 6.45) is 3.99. The molecule has 0 bridgehead atoms. The first kappa shape index (κ1) is 9.96. The second kappa shape index (κ2) is 5.51. The predicted molar refractivity (Wildman–Crippen MR) is 49.9 cm³/mol. The number of nitrogens with two attached hydrogens (primary N) is 1. The van der Waals surface area contributed by atoms with Gasteiger partial charge in [-0.25, -0.2) is 0 Å². The van der Waals surface area contributed by atoms with E-state index < -0.39 is 0 Å². The Morgan fingerprint density at radius 1 is 1.58 bits per heavy atom. The second-order valence-electron chi connectivity index (χ2n) is 3.39. The van der Waals surface area contributed by atoms with Crippen molar-refractivity contribution in [2.24, 2.45) is 5.73 Å². The van der Waals surface area contributed by atoms with Crippen molar-refractivity contribution in [2.45, 2.75) is 32.3 Å². The molecule has 0 saturated carbocycles. The minimum Gasteiger partial charge on any atom is -0.377 e. The zero-order valence-corrected chi connectivity index (χ0v) is 7.96. The first-order chi connectivity index (χ1) is 5.86. The molecule has 0 aromatic heterocycles. The number of ether oxygens (including phenoxy) is 1. The predicted octanol–water partition coefficient (Wildman–Crippen LogP) is 0.794. The molecule has 0 amide bonds. The molecule has 1 fully saturated rings. The molecule has 0 aromatic carbocycles. The molecular formula is C9H20N2O. The Balaban J connectivity index is 2.03. The van der Waals surface area contributed by atoms with E-state index >= 15 is 0 Å². The quantitative estimate of drug-likeness (QED) is 0.623. The molecule has 3 nitrogen and oxygen atoms in total. The SMILES string of the molecule is CCCCO[C@H]1CCN(CN)C1. The molecule has 1 atom stereocenters. The summed E-state index contributed by atoms with van der Waals surface area (Å²) < 4.78 is 5.68. The van der Waals surface area contributed by atoms with Gasteiger partial charge in [-0.2, -0.15) is 0 Å². The van der Waals surface area contributed by atoms with Crippen molar-refractivity contribution < 1.29 is 4.74 Å². The van der Waals surface area contributed by atoms with E-state index in [1.807, 2.05) is 0 Å². The van der Waals surface area contributed by atoms with Crippen LogP contribution in [0.4, 0.5) is 0 Å². The summed E-state index contributed by atoms with van der Waals surface area (Å²) in [4.78, 5) is 2.23. The lowest BCUT2D eigenvalue weighted by Gasteiger charge is -2.13. The Labute approximate surface area is 74.9 Å².